The van der Waals surface area contributed by atoms with E-state index < -0.39 is 0 Å². The van der Waals surface area contributed by atoms with Crippen molar-refractivity contribution in [2.24, 2.45) is 0 Å². The lowest BCUT2D eigenvalue weighted by atomic mass is 10.1. The first-order valence-electron chi connectivity index (χ1n) is 9.42. The third-order valence-corrected chi connectivity index (χ3v) is 4.15. The molecule has 162 valence electrons. The first kappa shape index (κ1) is 21.8. The Hall–Kier alpha value is -3.88. The molecule has 31 heavy (non-hydrogen) atoms. The Labute approximate surface area is 178 Å². The number of benzene rings is 2. The molecule has 0 spiro atoms. The molecule has 0 saturated heterocycles. The molecular formula is C22H22FN3O5. The van der Waals surface area contributed by atoms with E-state index in [9.17, 15) is 9.18 Å². The number of methoxy groups -OCH3 is 2. The number of hydrogen-bond acceptors (Lipinski definition) is 7. The van der Waals surface area contributed by atoms with Gasteiger partial charge in [-0.05, 0) is 30.3 Å². The molecule has 1 N–H and O–H groups in total. The van der Waals surface area contributed by atoms with Crippen LogP contribution in [0.4, 0.5) is 4.39 Å². The van der Waals surface area contributed by atoms with Crippen LogP contribution in [0.25, 0.3) is 11.3 Å². The Morgan fingerprint density at radius 2 is 1.58 bits per heavy atom. The molecule has 0 radical (unpaired) electrons. The van der Waals surface area contributed by atoms with E-state index in [1.807, 2.05) is 0 Å². The zero-order valence-corrected chi connectivity index (χ0v) is 17.1. The fourth-order valence-electron chi connectivity index (χ4n) is 2.58. The summed E-state index contributed by atoms with van der Waals surface area (Å²) in [5.41, 5.74) is 1.35. The lowest BCUT2D eigenvalue weighted by Gasteiger charge is -2.11. The largest absolute Gasteiger partial charge is 0.496 e. The summed E-state index contributed by atoms with van der Waals surface area (Å²) in [6, 6.07) is 14.4. The molecule has 0 saturated carbocycles. The average Bonchev–Trinajstić information content (AvgIpc) is 2.81. The number of aromatic nitrogens is 2. The highest BCUT2D eigenvalue weighted by atomic mass is 19.1. The molecule has 0 aliphatic rings. The Kier molecular flexibility index (Phi) is 7.58. The summed E-state index contributed by atoms with van der Waals surface area (Å²) in [7, 11) is 3.07. The Bertz CT molecular complexity index is 975. The van der Waals surface area contributed by atoms with Crippen LogP contribution in [0.5, 0.6) is 23.1 Å². The normalized spacial score (nSPS) is 10.3. The molecule has 2 aromatic carbocycles. The second kappa shape index (κ2) is 10.8. The van der Waals surface area contributed by atoms with Crippen LogP contribution >= 0.6 is 0 Å². The number of hydrogen-bond donors (Lipinski definition) is 1. The maximum absolute atomic E-state index is 13.0. The van der Waals surface area contributed by atoms with Crippen LogP contribution in [0.3, 0.4) is 0 Å². The molecule has 1 heterocycles. The number of ether oxygens (including phenoxy) is 4. The minimum atomic E-state index is -0.313. The SMILES string of the molecule is COc1cc(OC)cc(OCC(=O)NCCOc2ccc(-c3ccc(F)cc3)nn2)c1. The van der Waals surface area contributed by atoms with Gasteiger partial charge in [0, 0.05) is 29.8 Å². The van der Waals surface area contributed by atoms with E-state index in [0.29, 0.717) is 28.8 Å². The van der Waals surface area contributed by atoms with Gasteiger partial charge in [-0.15, -0.1) is 10.2 Å². The van der Waals surface area contributed by atoms with Crippen LogP contribution in [-0.2, 0) is 4.79 Å². The monoisotopic (exact) mass is 427 g/mol. The number of amides is 1. The predicted octanol–water partition coefficient (Wildman–Crippen LogP) is 2.87. The molecular weight excluding hydrogens is 405 g/mol. The van der Waals surface area contributed by atoms with E-state index in [0.717, 1.165) is 5.56 Å². The van der Waals surface area contributed by atoms with Gasteiger partial charge >= 0.3 is 0 Å². The summed E-state index contributed by atoms with van der Waals surface area (Å²) in [4.78, 5) is 12.0. The second-order valence-electron chi connectivity index (χ2n) is 6.30. The van der Waals surface area contributed by atoms with Crippen molar-refractivity contribution in [3.63, 3.8) is 0 Å². The van der Waals surface area contributed by atoms with E-state index in [2.05, 4.69) is 15.5 Å². The number of carbonyl (C=O) groups is 1. The molecule has 0 bridgehead atoms. The van der Waals surface area contributed by atoms with Crippen LogP contribution in [-0.4, -0.2) is 50.1 Å². The average molecular weight is 427 g/mol. The van der Waals surface area contributed by atoms with Crippen molar-refractivity contribution in [3.05, 3.63) is 60.4 Å². The minimum Gasteiger partial charge on any atom is -0.496 e. The zero-order valence-electron chi connectivity index (χ0n) is 17.1. The van der Waals surface area contributed by atoms with Gasteiger partial charge < -0.3 is 24.3 Å². The molecule has 0 atom stereocenters. The summed E-state index contributed by atoms with van der Waals surface area (Å²) < 4.78 is 34.2. The van der Waals surface area contributed by atoms with Crippen LogP contribution in [0.15, 0.2) is 54.6 Å². The Morgan fingerprint density at radius 3 is 2.19 bits per heavy atom. The maximum atomic E-state index is 13.0. The van der Waals surface area contributed by atoms with Crippen LogP contribution in [0.1, 0.15) is 0 Å². The van der Waals surface area contributed by atoms with Crippen molar-refractivity contribution < 1.29 is 28.1 Å². The first-order chi connectivity index (χ1) is 15.1. The van der Waals surface area contributed by atoms with Crippen molar-refractivity contribution in [2.75, 3.05) is 34.0 Å². The quantitative estimate of drug-likeness (QED) is 0.498. The lowest BCUT2D eigenvalue weighted by molar-refractivity contribution is -0.123. The maximum Gasteiger partial charge on any atom is 0.258 e. The van der Waals surface area contributed by atoms with Gasteiger partial charge in [-0.25, -0.2) is 4.39 Å². The molecule has 9 heteroatoms. The van der Waals surface area contributed by atoms with E-state index in [1.165, 1.54) is 26.4 Å². The molecule has 3 rings (SSSR count). The summed E-state index contributed by atoms with van der Waals surface area (Å²) in [5.74, 6) is 1.29. The van der Waals surface area contributed by atoms with Crippen molar-refractivity contribution >= 4 is 5.91 Å². The number of carbonyl (C=O) groups excluding carboxylic acids is 1. The van der Waals surface area contributed by atoms with Crippen molar-refractivity contribution in [3.8, 4) is 34.4 Å². The highest BCUT2D eigenvalue weighted by Gasteiger charge is 2.07. The molecule has 1 amide bonds. The first-order valence-corrected chi connectivity index (χ1v) is 9.42. The van der Waals surface area contributed by atoms with Crippen molar-refractivity contribution in [1.29, 1.82) is 0 Å². The van der Waals surface area contributed by atoms with Gasteiger partial charge in [-0.1, -0.05) is 0 Å². The topological polar surface area (TPSA) is 91.8 Å². The third-order valence-electron chi connectivity index (χ3n) is 4.15. The summed E-state index contributed by atoms with van der Waals surface area (Å²) >= 11 is 0. The molecule has 0 aliphatic heterocycles. The number of nitrogens with zero attached hydrogens (tertiary/aromatic N) is 2. The third kappa shape index (κ3) is 6.56. The van der Waals surface area contributed by atoms with Gasteiger partial charge in [0.1, 0.15) is 29.7 Å². The van der Waals surface area contributed by atoms with Crippen LogP contribution in [0, 0.1) is 5.82 Å². The number of halogens is 1. The molecule has 0 unspecified atom stereocenters. The molecule has 8 nitrogen and oxygen atoms in total. The summed E-state index contributed by atoms with van der Waals surface area (Å²) in [6.45, 7) is 0.316. The van der Waals surface area contributed by atoms with E-state index >= 15 is 0 Å². The second-order valence-corrected chi connectivity index (χ2v) is 6.30. The van der Waals surface area contributed by atoms with Gasteiger partial charge in [0.15, 0.2) is 6.61 Å². The summed E-state index contributed by atoms with van der Waals surface area (Å²) in [5, 5.41) is 10.7. The summed E-state index contributed by atoms with van der Waals surface area (Å²) in [6.07, 6.45) is 0. The lowest BCUT2D eigenvalue weighted by Crippen LogP contribution is -2.32. The number of nitrogens with one attached hydrogen (secondary N) is 1. The smallest absolute Gasteiger partial charge is 0.258 e. The van der Waals surface area contributed by atoms with Gasteiger partial charge in [-0.2, -0.15) is 0 Å². The standard InChI is InChI=1S/C22H22FN3O5/c1-28-17-11-18(29-2)13-19(12-17)31-14-21(27)24-9-10-30-22-8-7-20(25-26-22)15-3-5-16(23)6-4-15/h3-8,11-13H,9-10,14H2,1-2H3,(H,24,27). The molecule has 0 aliphatic carbocycles. The Balaban J connectivity index is 1.39. The Morgan fingerprint density at radius 1 is 0.903 bits per heavy atom. The van der Waals surface area contributed by atoms with E-state index in [1.54, 1.807) is 42.5 Å². The van der Waals surface area contributed by atoms with E-state index in [-0.39, 0.29) is 31.5 Å². The van der Waals surface area contributed by atoms with Crippen molar-refractivity contribution in [2.45, 2.75) is 0 Å². The zero-order chi connectivity index (χ0) is 22.1. The van der Waals surface area contributed by atoms with Gasteiger partial charge in [-0.3, -0.25) is 4.79 Å². The van der Waals surface area contributed by atoms with Crippen LogP contribution < -0.4 is 24.3 Å². The molecule has 1 aromatic heterocycles. The fourth-order valence-corrected chi connectivity index (χ4v) is 2.58. The highest BCUT2D eigenvalue weighted by molar-refractivity contribution is 5.77. The van der Waals surface area contributed by atoms with Gasteiger partial charge in [0.05, 0.1) is 26.5 Å². The van der Waals surface area contributed by atoms with Crippen molar-refractivity contribution in [1.82, 2.24) is 15.5 Å². The van der Waals surface area contributed by atoms with Crippen LogP contribution in [0.2, 0.25) is 0 Å². The fraction of sp³-hybridized carbons (Fsp3) is 0.227. The molecule has 3 aromatic rings. The predicted molar refractivity (Wildman–Crippen MR) is 111 cm³/mol. The van der Waals surface area contributed by atoms with E-state index in [4.69, 9.17) is 18.9 Å². The highest BCUT2D eigenvalue weighted by Crippen LogP contribution is 2.27. The number of rotatable bonds is 10. The van der Waals surface area contributed by atoms with Gasteiger partial charge in [0.2, 0.25) is 5.88 Å². The van der Waals surface area contributed by atoms with Gasteiger partial charge in [0.25, 0.3) is 5.91 Å². The minimum absolute atomic E-state index is 0.164. The molecule has 0 fully saturated rings.